The number of halogens is 1. The summed E-state index contributed by atoms with van der Waals surface area (Å²) in [4.78, 5) is 26.7. The second kappa shape index (κ2) is 9.86. The minimum atomic E-state index is -0.254. The lowest BCUT2D eigenvalue weighted by Gasteiger charge is -2.44. The van der Waals surface area contributed by atoms with E-state index in [2.05, 4.69) is 10.2 Å². The molecule has 2 fully saturated rings. The Morgan fingerprint density at radius 3 is 2.78 bits per heavy atom. The lowest BCUT2D eigenvalue weighted by Crippen LogP contribution is -2.49. The summed E-state index contributed by atoms with van der Waals surface area (Å²) in [6.45, 7) is 1.38. The van der Waals surface area contributed by atoms with Gasteiger partial charge in [0, 0.05) is 32.0 Å². The number of amides is 2. The molecular formula is C22H31FN2O2. The van der Waals surface area contributed by atoms with Gasteiger partial charge in [-0.1, -0.05) is 25.0 Å². The van der Waals surface area contributed by atoms with E-state index in [9.17, 15) is 14.0 Å². The first-order valence-electron chi connectivity index (χ1n) is 10.4. The molecule has 3 rings (SSSR count). The third-order valence-electron chi connectivity index (χ3n) is 5.98. The highest BCUT2D eigenvalue weighted by Crippen LogP contribution is 2.35. The monoisotopic (exact) mass is 374 g/mol. The van der Waals surface area contributed by atoms with Crippen LogP contribution in [-0.4, -0.2) is 35.8 Å². The average molecular weight is 375 g/mol. The molecule has 1 heterocycles. The van der Waals surface area contributed by atoms with Crippen LogP contribution in [0.15, 0.2) is 24.3 Å². The Morgan fingerprint density at radius 2 is 1.93 bits per heavy atom. The molecule has 0 spiro atoms. The Hall–Kier alpha value is -1.91. The summed E-state index contributed by atoms with van der Waals surface area (Å²) in [6, 6.07) is 6.87. The number of nitrogens with zero attached hydrogens (tertiary/aromatic N) is 1. The molecule has 1 aromatic rings. The fourth-order valence-electron chi connectivity index (χ4n) is 4.61. The van der Waals surface area contributed by atoms with Crippen molar-refractivity contribution in [2.45, 2.75) is 70.3 Å². The fraction of sp³-hybridized carbons (Fsp3) is 0.636. The van der Waals surface area contributed by atoms with Crippen molar-refractivity contribution in [3.8, 4) is 0 Å². The van der Waals surface area contributed by atoms with Crippen LogP contribution in [0.5, 0.6) is 0 Å². The molecule has 0 aromatic heterocycles. The predicted octanol–water partition coefficient (Wildman–Crippen LogP) is 3.84. The summed E-state index contributed by atoms with van der Waals surface area (Å²) < 4.78 is 13.1. The van der Waals surface area contributed by atoms with E-state index >= 15 is 0 Å². The fourth-order valence-corrected chi connectivity index (χ4v) is 4.61. The molecule has 1 aromatic carbocycles. The van der Waals surface area contributed by atoms with Gasteiger partial charge in [-0.05, 0) is 62.1 Å². The topological polar surface area (TPSA) is 49.4 Å². The SMILES string of the molecule is O=C(CCCC(=O)N1CCCC2CCCCC21)NCCc1cccc(F)c1. The van der Waals surface area contributed by atoms with E-state index < -0.39 is 0 Å². The second-order valence-electron chi connectivity index (χ2n) is 7.92. The van der Waals surface area contributed by atoms with Gasteiger partial charge in [0.25, 0.3) is 0 Å². The highest BCUT2D eigenvalue weighted by Gasteiger charge is 2.35. The molecule has 148 valence electrons. The first-order valence-corrected chi connectivity index (χ1v) is 10.4. The van der Waals surface area contributed by atoms with Gasteiger partial charge in [-0.3, -0.25) is 9.59 Å². The highest BCUT2D eigenvalue weighted by molar-refractivity contribution is 5.79. The largest absolute Gasteiger partial charge is 0.356 e. The maximum Gasteiger partial charge on any atom is 0.222 e. The lowest BCUT2D eigenvalue weighted by molar-refractivity contribution is -0.137. The molecule has 1 N–H and O–H groups in total. The van der Waals surface area contributed by atoms with Crippen molar-refractivity contribution in [1.29, 1.82) is 0 Å². The summed E-state index contributed by atoms with van der Waals surface area (Å²) in [7, 11) is 0. The van der Waals surface area contributed by atoms with E-state index in [1.807, 2.05) is 6.07 Å². The minimum Gasteiger partial charge on any atom is -0.356 e. The van der Waals surface area contributed by atoms with Crippen LogP contribution in [0.2, 0.25) is 0 Å². The first kappa shape index (κ1) is 19.8. The number of nitrogens with one attached hydrogen (secondary N) is 1. The van der Waals surface area contributed by atoms with Crippen LogP contribution in [-0.2, 0) is 16.0 Å². The van der Waals surface area contributed by atoms with Gasteiger partial charge in [0.15, 0.2) is 0 Å². The van der Waals surface area contributed by atoms with Crippen molar-refractivity contribution in [2.75, 3.05) is 13.1 Å². The van der Waals surface area contributed by atoms with Crippen LogP contribution in [0.4, 0.5) is 4.39 Å². The van der Waals surface area contributed by atoms with Crippen molar-refractivity contribution < 1.29 is 14.0 Å². The maximum atomic E-state index is 13.1. The Morgan fingerprint density at radius 1 is 1.11 bits per heavy atom. The van der Waals surface area contributed by atoms with Crippen LogP contribution in [0.3, 0.4) is 0 Å². The lowest BCUT2D eigenvalue weighted by atomic mass is 9.78. The predicted molar refractivity (Wildman–Crippen MR) is 104 cm³/mol. The van der Waals surface area contributed by atoms with Gasteiger partial charge in [0.05, 0.1) is 0 Å². The third kappa shape index (κ3) is 5.78. The Kier molecular flexibility index (Phi) is 7.25. The zero-order valence-corrected chi connectivity index (χ0v) is 16.1. The molecule has 2 amide bonds. The number of hydrogen-bond donors (Lipinski definition) is 1. The number of carbonyl (C=O) groups is 2. The van der Waals surface area contributed by atoms with E-state index in [-0.39, 0.29) is 17.6 Å². The highest BCUT2D eigenvalue weighted by atomic mass is 19.1. The molecule has 1 aliphatic heterocycles. The molecule has 2 unspecified atom stereocenters. The van der Waals surface area contributed by atoms with Crippen LogP contribution >= 0.6 is 0 Å². The van der Waals surface area contributed by atoms with E-state index in [1.54, 1.807) is 6.07 Å². The van der Waals surface area contributed by atoms with E-state index in [4.69, 9.17) is 0 Å². The smallest absolute Gasteiger partial charge is 0.222 e. The van der Waals surface area contributed by atoms with Crippen LogP contribution in [0.1, 0.15) is 63.4 Å². The Labute approximate surface area is 161 Å². The molecule has 2 aliphatic rings. The molecule has 1 saturated carbocycles. The Bertz CT molecular complexity index is 647. The number of benzene rings is 1. The standard InChI is InChI=1S/C22H31FN2O2/c23-19-9-3-6-17(16-19)13-14-24-21(26)11-4-12-22(27)25-15-5-8-18-7-1-2-10-20(18)25/h3,6,9,16,18,20H,1-2,4-5,7-8,10-15H2,(H,24,26). The van der Waals surface area contributed by atoms with Crippen molar-refractivity contribution in [1.82, 2.24) is 10.2 Å². The normalized spacial score (nSPS) is 22.2. The van der Waals surface area contributed by atoms with Gasteiger partial charge in [-0.25, -0.2) is 4.39 Å². The van der Waals surface area contributed by atoms with Crippen molar-refractivity contribution in [3.63, 3.8) is 0 Å². The third-order valence-corrected chi connectivity index (χ3v) is 5.98. The number of piperidine rings is 1. The number of hydrogen-bond acceptors (Lipinski definition) is 2. The van der Waals surface area contributed by atoms with E-state index in [0.717, 1.165) is 24.9 Å². The van der Waals surface area contributed by atoms with Crippen molar-refractivity contribution >= 4 is 11.8 Å². The molecule has 2 atom stereocenters. The van der Waals surface area contributed by atoms with Gasteiger partial charge in [-0.2, -0.15) is 0 Å². The van der Waals surface area contributed by atoms with Crippen LogP contribution in [0, 0.1) is 11.7 Å². The quantitative estimate of drug-likeness (QED) is 0.788. The molecule has 27 heavy (non-hydrogen) atoms. The first-order chi connectivity index (χ1) is 13.1. The van der Waals surface area contributed by atoms with Gasteiger partial charge >= 0.3 is 0 Å². The zero-order chi connectivity index (χ0) is 19.1. The van der Waals surface area contributed by atoms with Gasteiger partial charge in [-0.15, -0.1) is 0 Å². The molecular weight excluding hydrogens is 343 g/mol. The summed E-state index contributed by atoms with van der Waals surface area (Å²) in [5.74, 6) is 0.630. The minimum absolute atomic E-state index is 0.0339. The average Bonchev–Trinajstić information content (AvgIpc) is 2.67. The molecule has 5 heteroatoms. The van der Waals surface area contributed by atoms with Gasteiger partial charge in [0.2, 0.25) is 11.8 Å². The molecule has 1 aliphatic carbocycles. The number of likely N-dealkylation sites (tertiary alicyclic amines) is 1. The van der Waals surface area contributed by atoms with E-state index in [0.29, 0.717) is 44.2 Å². The van der Waals surface area contributed by atoms with Crippen LogP contribution < -0.4 is 5.32 Å². The number of carbonyl (C=O) groups excluding carboxylic acids is 2. The zero-order valence-electron chi connectivity index (χ0n) is 16.1. The molecule has 4 nitrogen and oxygen atoms in total. The molecule has 1 saturated heterocycles. The number of fused-ring (bicyclic) bond motifs is 1. The maximum absolute atomic E-state index is 13.1. The Balaban J connectivity index is 1.33. The van der Waals surface area contributed by atoms with Gasteiger partial charge in [0.1, 0.15) is 5.82 Å². The second-order valence-corrected chi connectivity index (χ2v) is 7.92. The summed E-state index contributed by atoms with van der Waals surface area (Å²) in [6.07, 6.45) is 9.38. The van der Waals surface area contributed by atoms with Gasteiger partial charge < -0.3 is 10.2 Å². The molecule has 0 radical (unpaired) electrons. The summed E-state index contributed by atoms with van der Waals surface area (Å²) >= 11 is 0. The molecule has 0 bridgehead atoms. The van der Waals surface area contributed by atoms with Crippen molar-refractivity contribution in [3.05, 3.63) is 35.6 Å². The van der Waals surface area contributed by atoms with Crippen molar-refractivity contribution in [2.24, 2.45) is 5.92 Å². The van der Waals surface area contributed by atoms with E-state index in [1.165, 1.54) is 37.8 Å². The number of rotatable bonds is 7. The van der Waals surface area contributed by atoms with Crippen LogP contribution in [0.25, 0.3) is 0 Å². The summed E-state index contributed by atoms with van der Waals surface area (Å²) in [5.41, 5.74) is 0.873. The summed E-state index contributed by atoms with van der Waals surface area (Å²) in [5, 5.41) is 2.86.